The molecule has 30 heavy (non-hydrogen) atoms. The van der Waals surface area contributed by atoms with Crippen molar-refractivity contribution in [3.63, 3.8) is 0 Å². The lowest BCUT2D eigenvalue weighted by molar-refractivity contribution is -0.123. The molecule has 8 nitrogen and oxygen atoms in total. The second-order valence-corrected chi connectivity index (χ2v) is 8.58. The lowest BCUT2D eigenvalue weighted by Gasteiger charge is -2.25. The Hall–Kier alpha value is -2.81. The van der Waals surface area contributed by atoms with Crippen LogP contribution < -0.4 is 15.5 Å². The van der Waals surface area contributed by atoms with Crippen molar-refractivity contribution in [3.8, 4) is 0 Å². The van der Waals surface area contributed by atoms with Crippen LogP contribution in [0.15, 0.2) is 24.5 Å². The minimum atomic E-state index is -0.477. The number of carbonyl (C=O) groups excluding carboxylic acids is 1. The summed E-state index contributed by atoms with van der Waals surface area (Å²) >= 11 is 0. The Bertz CT molecular complexity index is 966. The number of hydrogen-bond acceptors (Lipinski definition) is 7. The van der Waals surface area contributed by atoms with Gasteiger partial charge in [-0.25, -0.2) is 9.37 Å². The van der Waals surface area contributed by atoms with Crippen molar-refractivity contribution in [2.75, 3.05) is 29.9 Å². The number of nitrogens with one attached hydrogen (secondary N) is 2. The van der Waals surface area contributed by atoms with Crippen molar-refractivity contribution in [2.45, 2.75) is 31.7 Å². The fourth-order valence-electron chi connectivity index (χ4n) is 4.54. The highest BCUT2D eigenvalue weighted by molar-refractivity contribution is 5.82. The maximum absolute atomic E-state index is 14.5. The first-order chi connectivity index (χ1) is 14.5. The maximum Gasteiger partial charge on any atom is 0.229 e. The fourth-order valence-corrected chi connectivity index (χ4v) is 4.54. The summed E-state index contributed by atoms with van der Waals surface area (Å²) in [6, 6.07) is 3.63. The predicted molar refractivity (Wildman–Crippen MR) is 109 cm³/mol. The second kappa shape index (κ2) is 7.16. The molecular weight excluding hydrogens is 387 g/mol. The summed E-state index contributed by atoms with van der Waals surface area (Å²) in [6.45, 7) is 3.41. The standard InChI is InChI=1S/C21H25FN6O2/c1-12-16-10-28(11-21(12,16)27-19(30)13-2-3-13)18-17(22)9-24-20(26-18)25-15-5-4-14(6-7-29)23-8-15/h4-5,8-9,12-13,16,29H,2-3,6-7,10-11H2,1H3,(H,27,30)(H,24,25,26)/t12-,16?,21+/m1/s1. The van der Waals surface area contributed by atoms with Gasteiger partial charge in [-0.2, -0.15) is 4.98 Å². The van der Waals surface area contributed by atoms with Crippen molar-refractivity contribution >= 4 is 23.4 Å². The molecule has 3 N–H and O–H groups in total. The number of hydrogen-bond donors (Lipinski definition) is 3. The highest BCUT2D eigenvalue weighted by atomic mass is 19.1. The van der Waals surface area contributed by atoms with Crippen molar-refractivity contribution in [1.29, 1.82) is 0 Å². The van der Waals surface area contributed by atoms with Gasteiger partial charge in [0, 0.05) is 43.6 Å². The van der Waals surface area contributed by atoms with Gasteiger partial charge in [-0.15, -0.1) is 0 Å². The van der Waals surface area contributed by atoms with Gasteiger partial charge in [0.15, 0.2) is 11.6 Å². The number of piperidine rings is 1. The molecule has 2 saturated carbocycles. The topological polar surface area (TPSA) is 103 Å². The highest BCUT2D eigenvalue weighted by Gasteiger charge is 2.68. The van der Waals surface area contributed by atoms with Crippen LogP contribution in [0.2, 0.25) is 0 Å². The van der Waals surface area contributed by atoms with Gasteiger partial charge in [-0.1, -0.05) is 6.92 Å². The zero-order chi connectivity index (χ0) is 20.9. The van der Waals surface area contributed by atoms with Crippen molar-refractivity contribution < 1.29 is 14.3 Å². The first-order valence-electron chi connectivity index (χ1n) is 10.4. The van der Waals surface area contributed by atoms with Gasteiger partial charge in [-0.3, -0.25) is 9.78 Å². The van der Waals surface area contributed by atoms with E-state index in [9.17, 15) is 9.18 Å². The summed E-state index contributed by atoms with van der Waals surface area (Å²) in [7, 11) is 0. The molecular formula is C21H25FN6O2. The third kappa shape index (κ3) is 3.36. The van der Waals surface area contributed by atoms with Crippen molar-refractivity contribution in [3.05, 3.63) is 36.0 Å². The van der Waals surface area contributed by atoms with Crippen molar-refractivity contribution in [2.24, 2.45) is 17.8 Å². The molecule has 0 aromatic carbocycles. The van der Waals surface area contributed by atoms with Gasteiger partial charge >= 0.3 is 0 Å². The van der Waals surface area contributed by atoms with E-state index in [0.29, 0.717) is 37.0 Å². The summed E-state index contributed by atoms with van der Waals surface area (Å²) < 4.78 is 14.5. The van der Waals surface area contributed by atoms with E-state index in [0.717, 1.165) is 18.5 Å². The first kappa shape index (κ1) is 19.2. The van der Waals surface area contributed by atoms with Crippen LogP contribution in [0.25, 0.3) is 0 Å². The second-order valence-electron chi connectivity index (χ2n) is 8.58. The Morgan fingerprint density at radius 2 is 2.17 bits per heavy atom. The average molecular weight is 412 g/mol. The number of aliphatic hydroxyl groups excluding tert-OH is 1. The summed E-state index contributed by atoms with van der Waals surface area (Å²) in [5, 5.41) is 15.3. The number of nitrogens with zero attached hydrogens (tertiary/aromatic N) is 4. The van der Waals surface area contributed by atoms with Crippen LogP contribution in [0.3, 0.4) is 0 Å². The molecule has 3 atom stereocenters. The predicted octanol–water partition coefficient (Wildman–Crippen LogP) is 1.64. The van der Waals surface area contributed by atoms with Gasteiger partial charge in [0.1, 0.15) is 0 Å². The SMILES string of the molecule is C[C@@H]1C2CN(c3nc(Nc4ccc(CCO)nc4)ncc3F)C[C@@]21NC(=O)C1CC1. The first-order valence-corrected chi connectivity index (χ1v) is 10.4. The van der Waals surface area contributed by atoms with Gasteiger partial charge < -0.3 is 20.6 Å². The molecule has 1 aliphatic heterocycles. The summed E-state index contributed by atoms with van der Waals surface area (Å²) in [5.41, 5.74) is 1.20. The Labute approximate surface area is 173 Å². The average Bonchev–Trinajstić information content (AvgIpc) is 3.63. The number of carbonyl (C=O) groups is 1. The molecule has 9 heteroatoms. The number of fused-ring (bicyclic) bond motifs is 1. The van der Waals surface area contributed by atoms with Crippen LogP contribution in [0.1, 0.15) is 25.5 Å². The molecule has 0 bridgehead atoms. The molecule has 5 rings (SSSR count). The molecule has 1 amide bonds. The summed E-state index contributed by atoms with van der Waals surface area (Å²) in [6.07, 6.45) is 5.23. The van der Waals surface area contributed by atoms with E-state index >= 15 is 0 Å². The number of halogens is 1. The zero-order valence-corrected chi connectivity index (χ0v) is 16.8. The quantitative estimate of drug-likeness (QED) is 0.635. The van der Waals surface area contributed by atoms with Crippen LogP contribution in [-0.4, -0.2) is 51.2 Å². The number of aliphatic hydroxyl groups is 1. The van der Waals surface area contributed by atoms with E-state index in [-0.39, 0.29) is 35.7 Å². The third-order valence-electron chi connectivity index (χ3n) is 6.62. The van der Waals surface area contributed by atoms with Crippen LogP contribution in [0.5, 0.6) is 0 Å². The van der Waals surface area contributed by atoms with Crippen molar-refractivity contribution in [1.82, 2.24) is 20.3 Å². The van der Waals surface area contributed by atoms with Crippen LogP contribution >= 0.6 is 0 Å². The Balaban J connectivity index is 1.30. The van der Waals surface area contributed by atoms with Crippen LogP contribution in [-0.2, 0) is 11.2 Å². The van der Waals surface area contributed by atoms with E-state index in [4.69, 9.17) is 5.11 Å². The van der Waals surface area contributed by atoms with Gasteiger partial charge in [0.25, 0.3) is 0 Å². The minimum absolute atomic E-state index is 0.0439. The maximum atomic E-state index is 14.5. The Morgan fingerprint density at radius 3 is 2.87 bits per heavy atom. The van der Waals surface area contributed by atoms with Gasteiger partial charge in [0.05, 0.1) is 23.6 Å². The van der Waals surface area contributed by atoms with Gasteiger partial charge in [-0.05, 0) is 30.9 Å². The molecule has 2 aromatic heterocycles. The molecule has 1 unspecified atom stereocenters. The fraction of sp³-hybridized carbons (Fsp3) is 0.524. The Kier molecular flexibility index (Phi) is 4.57. The van der Waals surface area contributed by atoms with E-state index in [1.54, 1.807) is 6.20 Å². The number of aromatic nitrogens is 3. The molecule has 3 fully saturated rings. The smallest absolute Gasteiger partial charge is 0.229 e. The molecule has 0 spiro atoms. The minimum Gasteiger partial charge on any atom is -0.396 e. The molecule has 3 aliphatic rings. The van der Waals surface area contributed by atoms with Crippen LogP contribution in [0.4, 0.5) is 21.8 Å². The highest BCUT2D eigenvalue weighted by Crippen LogP contribution is 2.56. The number of anilines is 3. The largest absolute Gasteiger partial charge is 0.396 e. The summed E-state index contributed by atoms with van der Waals surface area (Å²) in [5.74, 6) is 1.05. The van der Waals surface area contributed by atoms with Gasteiger partial charge in [0.2, 0.25) is 11.9 Å². The van der Waals surface area contributed by atoms with E-state index in [1.165, 1.54) is 6.20 Å². The van der Waals surface area contributed by atoms with E-state index < -0.39 is 5.82 Å². The van der Waals surface area contributed by atoms with Crippen LogP contribution in [0, 0.1) is 23.6 Å². The number of amides is 1. The zero-order valence-electron chi connectivity index (χ0n) is 16.8. The molecule has 0 radical (unpaired) electrons. The normalized spacial score (nSPS) is 27.0. The lowest BCUT2D eigenvalue weighted by Crippen LogP contribution is -2.45. The molecule has 2 aliphatic carbocycles. The molecule has 3 heterocycles. The molecule has 1 saturated heterocycles. The Morgan fingerprint density at radius 1 is 1.33 bits per heavy atom. The third-order valence-corrected chi connectivity index (χ3v) is 6.62. The van der Waals surface area contributed by atoms with E-state index in [2.05, 4.69) is 32.5 Å². The number of pyridine rings is 1. The monoisotopic (exact) mass is 412 g/mol. The summed E-state index contributed by atoms with van der Waals surface area (Å²) in [4.78, 5) is 26.9. The number of rotatable bonds is 7. The molecule has 2 aromatic rings. The molecule has 158 valence electrons. The van der Waals surface area contributed by atoms with E-state index in [1.807, 2.05) is 17.0 Å². The lowest BCUT2D eigenvalue weighted by atomic mass is 10.2.